The van der Waals surface area contributed by atoms with Gasteiger partial charge in [-0.1, -0.05) is 30.3 Å². The van der Waals surface area contributed by atoms with Crippen molar-refractivity contribution < 1.29 is 14.6 Å². The number of benzene rings is 1. The van der Waals surface area contributed by atoms with E-state index >= 15 is 0 Å². The lowest BCUT2D eigenvalue weighted by Gasteiger charge is -2.18. The second-order valence-electron chi connectivity index (χ2n) is 6.32. The minimum atomic E-state index is -0.718. The number of hydrogen-bond donors (Lipinski definition) is 1. The highest BCUT2D eigenvalue weighted by atomic mass is 16.5. The number of methoxy groups -OCH3 is 1. The average molecular weight is 314 g/mol. The SMILES string of the molecule is COc1cc(C)n(CCC2(c3ccccc3)CC2CC(=O)O)n1. The number of hydrogen-bond acceptors (Lipinski definition) is 3. The Morgan fingerprint density at radius 3 is 2.78 bits per heavy atom. The fraction of sp³-hybridized carbons (Fsp3) is 0.444. The molecule has 1 saturated carbocycles. The smallest absolute Gasteiger partial charge is 0.303 e. The number of aliphatic carboxylic acids is 1. The zero-order chi connectivity index (χ0) is 16.4. The highest BCUT2D eigenvalue weighted by Gasteiger charge is 2.55. The van der Waals surface area contributed by atoms with Crippen LogP contribution >= 0.6 is 0 Å². The Labute approximate surface area is 135 Å². The van der Waals surface area contributed by atoms with Gasteiger partial charge in [-0.3, -0.25) is 9.48 Å². The molecule has 2 aromatic rings. The first-order chi connectivity index (χ1) is 11.0. The van der Waals surface area contributed by atoms with Crippen LogP contribution in [0.3, 0.4) is 0 Å². The van der Waals surface area contributed by atoms with Crippen molar-refractivity contribution in [3.05, 3.63) is 47.7 Å². The lowest BCUT2D eigenvalue weighted by Crippen LogP contribution is -2.16. The van der Waals surface area contributed by atoms with E-state index in [-0.39, 0.29) is 17.8 Å². The molecule has 1 aromatic heterocycles. The summed E-state index contributed by atoms with van der Waals surface area (Å²) in [4.78, 5) is 11.1. The van der Waals surface area contributed by atoms with Gasteiger partial charge >= 0.3 is 5.97 Å². The van der Waals surface area contributed by atoms with Crippen molar-refractivity contribution >= 4 is 5.97 Å². The van der Waals surface area contributed by atoms with Crippen molar-refractivity contribution in [2.24, 2.45) is 5.92 Å². The maximum absolute atomic E-state index is 11.1. The molecule has 0 aliphatic heterocycles. The summed E-state index contributed by atoms with van der Waals surface area (Å²) in [6.07, 6.45) is 2.05. The summed E-state index contributed by atoms with van der Waals surface area (Å²) in [5.74, 6) is 0.110. The highest BCUT2D eigenvalue weighted by molar-refractivity contribution is 5.68. The van der Waals surface area contributed by atoms with E-state index < -0.39 is 5.97 Å². The molecule has 1 fully saturated rings. The van der Waals surface area contributed by atoms with E-state index in [9.17, 15) is 4.79 Å². The number of carboxylic acid groups (broad SMARTS) is 1. The second-order valence-corrected chi connectivity index (χ2v) is 6.32. The van der Waals surface area contributed by atoms with Crippen LogP contribution in [0, 0.1) is 12.8 Å². The van der Waals surface area contributed by atoms with E-state index in [1.54, 1.807) is 7.11 Å². The predicted octanol–water partition coefficient (Wildman–Crippen LogP) is 3.02. The van der Waals surface area contributed by atoms with Crippen LogP contribution in [0.5, 0.6) is 5.88 Å². The largest absolute Gasteiger partial charge is 0.481 e. The molecule has 0 amide bonds. The fourth-order valence-electron chi connectivity index (χ4n) is 3.54. The molecule has 2 atom stereocenters. The molecule has 1 heterocycles. The van der Waals surface area contributed by atoms with E-state index in [0.29, 0.717) is 5.88 Å². The first kappa shape index (κ1) is 15.6. The van der Waals surface area contributed by atoms with Gasteiger partial charge in [0.05, 0.1) is 7.11 Å². The first-order valence-electron chi connectivity index (χ1n) is 7.91. The van der Waals surface area contributed by atoms with Crippen LogP contribution in [0.4, 0.5) is 0 Å². The quantitative estimate of drug-likeness (QED) is 0.853. The van der Waals surface area contributed by atoms with Crippen molar-refractivity contribution in [1.82, 2.24) is 9.78 Å². The van der Waals surface area contributed by atoms with E-state index in [0.717, 1.165) is 25.1 Å². The lowest BCUT2D eigenvalue weighted by atomic mass is 9.89. The number of aryl methyl sites for hydroxylation is 2. The predicted molar refractivity (Wildman–Crippen MR) is 86.6 cm³/mol. The Balaban J connectivity index is 1.78. The van der Waals surface area contributed by atoms with Crippen LogP contribution in [0.15, 0.2) is 36.4 Å². The molecule has 1 aliphatic carbocycles. The minimum absolute atomic E-state index is 0.0364. The molecule has 1 aromatic carbocycles. The van der Waals surface area contributed by atoms with Gasteiger partial charge in [-0.05, 0) is 31.2 Å². The third-order valence-corrected chi connectivity index (χ3v) is 4.94. The fourth-order valence-corrected chi connectivity index (χ4v) is 3.54. The van der Waals surface area contributed by atoms with Crippen molar-refractivity contribution in [3.63, 3.8) is 0 Å². The van der Waals surface area contributed by atoms with Gasteiger partial charge in [0.1, 0.15) is 0 Å². The average Bonchev–Trinajstić information content (AvgIpc) is 3.10. The van der Waals surface area contributed by atoms with E-state index in [1.807, 2.05) is 35.9 Å². The number of carboxylic acids is 1. The van der Waals surface area contributed by atoms with Gasteiger partial charge in [0, 0.05) is 30.1 Å². The summed E-state index contributed by atoms with van der Waals surface area (Å²) in [5.41, 5.74) is 2.26. The van der Waals surface area contributed by atoms with Gasteiger partial charge in [0.2, 0.25) is 5.88 Å². The molecular formula is C18H22N2O3. The molecule has 2 unspecified atom stereocenters. The molecule has 5 heteroatoms. The number of ether oxygens (including phenoxy) is 1. The second kappa shape index (κ2) is 6.07. The Kier molecular flexibility index (Phi) is 4.11. The van der Waals surface area contributed by atoms with Crippen LogP contribution in [0.2, 0.25) is 0 Å². The summed E-state index contributed by atoms with van der Waals surface area (Å²) >= 11 is 0. The third-order valence-electron chi connectivity index (χ3n) is 4.94. The summed E-state index contributed by atoms with van der Waals surface area (Å²) in [6.45, 7) is 2.77. The molecule has 0 bridgehead atoms. The first-order valence-corrected chi connectivity index (χ1v) is 7.91. The number of nitrogens with zero attached hydrogens (tertiary/aromatic N) is 2. The summed E-state index contributed by atoms with van der Waals surface area (Å²) < 4.78 is 7.12. The van der Waals surface area contributed by atoms with Crippen molar-refractivity contribution in [2.75, 3.05) is 7.11 Å². The molecule has 23 heavy (non-hydrogen) atoms. The maximum atomic E-state index is 11.1. The van der Waals surface area contributed by atoms with E-state index in [2.05, 4.69) is 17.2 Å². The Morgan fingerprint density at radius 1 is 1.43 bits per heavy atom. The zero-order valence-electron chi connectivity index (χ0n) is 13.5. The molecular weight excluding hydrogens is 292 g/mol. The monoisotopic (exact) mass is 314 g/mol. The Bertz CT molecular complexity index is 696. The Hall–Kier alpha value is -2.30. The van der Waals surface area contributed by atoms with Gasteiger partial charge < -0.3 is 9.84 Å². The standard InChI is InChI=1S/C18H22N2O3/c1-13-10-16(23-2)19-20(13)9-8-18(12-15(18)11-17(21)22)14-6-4-3-5-7-14/h3-7,10,15H,8-9,11-12H2,1-2H3,(H,21,22). The molecule has 1 aliphatic rings. The van der Waals surface area contributed by atoms with Crippen LogP contribution < -0.4 is 4.74 Å². The van der Waals surface area contributed by atoms with Gasteiger partial charge in [-0.15, -0.1) is 5.10 Å². The molecule has 5 nitrogen and oxygen atoms in total. The van der Waals surface area contributed by atoms with Crippen molar-refractivity contribution in [3.8, 4) is 5.88 Å². The molecule has 0 saturated heterocycles. The normalized spacial score (nSPS) is 22.8. The van der Waals surface area contributed by atoms with Gasteiger partial charge in [-0.2, -0.15) is 0 Å². The highest BCUT2D eigenvalue weighted by Crippen LogP contribution is 2.58. The summed E-state index contributed by atoms with van der Waals surface area (Å²) in [5, 5.41) is 13.6. The summed E-state index contributed by atoms with van der Waals surface area (Å²) in [6, 6.07) is 12.2. The molecule has 1 N–H and O–H groups in total. The van der Waals surface area contributed by atoms with Crippen LogP contribution in [0.25, 0.3) is 0 Å². The molecule has 3 rings (SSSR count). The van der Waals surface area contributed by atoms with E-state index in [1.165, 1.54) is 5.56 Å². The van der Waals surface area contributed by atoms with Crippen LogP contribution in [-0.4, -0.2) is 28.0 Å². The lowest BCUT2D eigenvalue weighted by molar-refractivity contribution is -0.137. The van der Waals surface area contributed by atoms with E-state index in [4.69, 9.17) is 9.84 Å². The zero-order valence-corrected chi connectivity index (χ0v) is 13.5. The third kappa shape index (κ3) is 3.09. The minimum Gasteiger partial charge on any atom is -0.481 e. The number of aromatic nitrogens is 2. The van der Waals surface area contributed by atoms with Crippen molar-refractivity contribution in [2.45, 2.75) is 38.1 Å². The van der Waals surface area contributed by atoms with Crippen LogP contribution in [-0.2, 0) is 16.8 Å². The van der Waals surface area contributed by atoms with Gasteiger partial charge in [0.25, 0.3) is 0 Å². The topological polar surface area (TPSA) is 64.3 Å². The molecule has 0 spiro atoms. The maximum Gasteiger partial charge on any atom is 0.303 e. The number of carbonyl (C=O) groups is 1. The summed E-state index contributed by atoms with van der Waals surface area (Å²) in [7, 11) is 1.61. The van der Waals surface area contributed by atoms with Gasteiger partial charge in [-0.25, -0.2) is 0 Å². The molecule has 0 radical (unpaired) electrons. The Morgan fingerprint density at radius 2 is 2.17 bits per heavy atom. The molecule has 122 valence electrons. The van der Waals surface area contributed by atoms with Crippen molar-refractivity contribution in [1.29, 1.82) is 0 Å². The van der Waals surface area contributed by atoms with Gasteiger partial charge in [0.15, 0.2) is 0 Å². The van der Waals surface area contributed by atoms with Crippen LogP contribution in [0.1, 0.15) is 30.5 Å². The number of rotatable bonds is 7.